The highest BCUT2D eigenvalue weighted by Crippen LogP contribution is 1.97. The molecule has 0 saturated carbocycles. The minimum Gasteiger partial charge on any atom is -0.318 e. The van der Waals surface area contributed by atoms with E-state index >= 15 is 0 Å². The van der Waals surface area contributed by atoms with Gasteiger partial charge < -0.3 is 9.05 Å². The molecular formula is C9H10N2O4. The minimum atomic E-state index is -0.591. The molecule has 1 aromatic heterocycles. The van der Waals surface area contributed by atoms with Gasteiger partial charge in [-0.3, -0.25) is 0 Å². The van der Waals surface area contributed by atoms with Crippen LogP contribution in [0, 0.1) is 0 Å². The van der Waals surface area contributed by atoms with E-state index in [2.05, 4.69) is 0 Å². The zero-order valence-corrected chi connectivity index (χ0v) is 7.96. The van der Waals surface area contributed by atoms with Crippen molar-refractivity contribution in [1.82, 2.24) is 9.71 Å². The van der Waals surface area contributed by atoms with Crippen LogP contribution >= 0.6 is 0 Å². The summed E-state index contributed by atoms with van der Waals surface area (Å²) < 4.78 is 9.87. The Morgan fingerprint density at radius 2 is 1.67 bits per heavy atom. The Morgan fingerprint density at radius 3 is 2.40 bits per heavy atom. The highest BCUT2D eigenvalue weighted by Gasteiger charge is 2.01. The van der Waals surface area contributed by atoms with Crippen molar-refractivity contribution in [1.29, 1.82) is 0 Å². The Kier molecular flexibility index (Phi) is 2.57. The van der Waals surface area contributed by atoms with Gasteiger partial charge in [0, 0.05) is 12.1 Å². The number of hydrogen-bond donors (Lipinski definition) is 0. The van der Waals surface area contributed by atoms with Crippen LogP contribution in [0.4, 0.5) is 0 Å². The molecule has 2 heterocycles. The summed E-state index contributed by atoms with van der Waals surface area (Å²) in [7, 11) is 0. The van der Waals surface area contributed by atoms with Crippen LogP contribution in [-0.4, -0.2) is 9.71 Å². The quantitative estimate of drug-likeness (QED) is 0.577. The lowest BCUT2D eigenvalue weighted by atomic mass is 10.4. The van der Waals surface area contributed by atoms with Crippen molar-refractivity contribution in [2.45, 2.75) is 19.5 Å². The van der Waals surface area contributed by atoms with Gasteiger partial charge in [0.15, 0.2) is 0 Å². The van der Waals surface area contributed by atoms with E-state index < -0.39 is 11.3 Å². The molecule has 15 heavy (non-hydrogen) atoms. The molecule has 6 nitrogen and oxygen atoms in total. The van der Waals surface area contributed by atoms with Gasteiger partial charge in [0.2, 0.25) is 0 Å². The van der Waals surface area contributed by atoms with E-state index in [4.69, 9.17) is 9.05 Å². The fourth-order valence-electron chi connectivity index (χ4n) is 1.25. The zero-order chi connectivity index (χ0) is 10.7. The predicted octanol–water partition coefficient (Wildman–Crippen LogP) is 0.280. The van der Waals surface area contributed by atoms with Crippen LogP contribution < -0.4 is 11.3 Å². The minimum absolute atomic E-state index is 0.368. The van der Waals surface area contributed by atoms with Gasteiger partial charge in [-0.1, -0.05) is 12.2 Å². The second kappa shape index (κ2) is 4.04. The van der Waals surface area contributed by atoms with Crippen LogP contribution in [-0.2, 0) is 13.1 Å². The number of aryl methyl sites for hydroxylation is 1. The Morgan fingerprint density at radius 1 is 1.00 bits per heavy atom. The van der Waals surface area contributed by atoms with E-state index in [1.807, 2.05) is 12.2 Å². The standard InChI is InChI=1S/C9H10N2O4/c12-8-4-5-9(13)15-11-7-3-1-2-6-10(11)14-8/h1-2,4-5H,3,6-7H2. The van der Waals surface area contributed by atoms with Crippen molar-refractivity contribution < 1.29 is 9.05 Å². The third-order valence-corrected chi connectivity index (χ3v) is 1.91. The number of fused-ring (bicyclic) bond motifs is 1. The first-order chi connectivity index (χ1) is 7.25. The summed E-state index contributed by atoms with van der Waals surface area (Å²) in [6.45, 7) is 0.830. The molecule has 0 unspecified atom stereocenters. The molecule has 0 spiro atoms. The van der Waals surface area contributed by atoms with Crippen LogP contribution in [0.5, 0.6) is 0 Å². The Bertz CT molecular complexity index is 527. The smallest absolute Gasteiger partial charge is 0.318 e. The second-order valence-corrected chi connectivity index (χ2v) is 3.02. The van der Waals surface area contributed by atoms with Gasteiger partial charge in [-0.25, -0.2) is 9.59 Å². The summed E-state index contributed by atoms with van der Waals surface area (Å²) in [4.78, 5) is 24.7. The van der Waals surface area contributed by atoms with Gasteiger partial charge >= 0.3 is 11.3 Å². The first-order valence-corrected chi connectivity index (χ1v) is 4.57. The summed E-state index contributed by atoms with van der Waals surface area (Å²) >= 11 is 0. The number of aromatic nitrogens is 2. The van der Waals surface area contributed by atoms with Crippen LogP contribution in [0.2, 0.25) is 0 Å². The molecular weight excluding hydrogens is 200 g/mol. The number of rotatable bonds is 0. The summed E-state index contributed by atoms with van der Waals surface area (Å²) in [5, 5.41) is 0. The largest absolute Gasteiger partial charge is 0.358 e. The predicted molar refractivity (Wildman–Crippen MR) is 50.9 cm³/mol. The number of allylic oxidation sites excluding steroid dienone is 2. The highest BCUT2D eigenvalue weighted by molar-refractivity contribution is 4.82. The molecule has 1 aromatic rings. The Hall–Kier alpha value is -1.98. The van der Waals surface area contributed by atoms with Crippen LogP contribution in [0.15, 0.2) is 42.9 Å². The maximum Gasteiger partial charge on any atom is 0.358 e. The third-order valence-electron chi connectivity index (χ3n) is 1.91. The zero-order valence-electron chi connectivity index (χ0n) is 7.96. The molecule has 1 aliphatic heterocycles. The third kappa shape index (κ3) is 2.28. The van der Waals surface area contributed by atoms with Gasteiger partial charge in [-0.15, -0.1) is 9.71 Å². The molecule has 2 rings (SSSR count). The van der Waals surface area contributed by atoms with Crippen LogP contribution in [0.25, 0.3) is 0 Å². The monoisotopic (exact) mass is 210 g/mol. The SMILES string of the molecule is O=c1ccc(=O)on2n(o1)CC=CCC2. The molecule has 0 aliphatic carbocycles. The Balaban J connectivity index is 2.70. The van der Waals surface area contributed by atoms with Crippen molar-refractivity contribution in [3.05, 3.63) is 45.1 Å². The van der Waals surface area contributed by atoms with Crippen LogP contribution in [0.1, 0.15) is 6.42 Å². The van der Waals surface area contributed by atoms with E-state index in [1.54, 1.807) is 0 Å². The molecule has 0 atom stereocenters. The van der Waals surface area contributed by atoms with E-state index in [9.17, 15) is 9.59 Å². The average molecular weight is 210 g/mol. The Labute approximate surface area is 84.2 Å². The molecule has 1 aliphatic rings. The molecule has 0 fully saturated rings. The highest BCUT2D eigenvalue weighted by atomic mass is 16.6. The normalized spacial score (nSPS) is 14.1. The van der Waals surface area contributed by atoms with E-state index in [0.717, 1.165) is 18.6 Å². The number of nitrogens with zero attached hydrogens (tertiary/aromatic N) is 2. The molecule has 0 bridgehead atoms. The first-order valence-electron chi connectivity index (χ1n) is 4.57. The summed E-state index contributed by atoms with van der Waals surface area (Å²) in [6.07, 6.45) is 4.50. The molecule has 0 saturated heterocycles. The topological polar surface area (TPSA) is 70.3 Å². The van der Waals surface area contributed by atoms with Crippen molar-refractivity contribution in [2.24, 2.45) is 0 Å². The molecule has 0 amide bonds. The summed E-state index contributed by atoms with van der Waals surface area (Å²) in [6, 6.07) is 2.08. The maximum absolute atomic E-state index is 11.1. The van der Waals surface area contributed by atoms with Crippen molar-refractivity contribution in [3.8, 4) is 0 Å². The lowest BCUT2D eigenvalue weighted by Crippen LogP contribution is -2.19. The average Bonchev–Trinajstić information content (AvgIpc) is 2.40. The van der Waals surface area contributed by atoms with Gasteiger partial charge in [0.1, 0.15) is 0 Å². The fraction of sp³-hybridized carbons (Fsp3) is 0.333. The van der Waals surface area contributed by atoms with Gasteiger partial charge in [0.05, 0.1) is 13.1 Å². The molecule has 0 N–H and O–H groups in total. The maximum atomic E-state index is 11.1. The lowest BCUT2D eigenvalue weighted by Gasteiger charge is -2.05. The van der Waals surface area contributed by atoms with E-state index in [1.165, 1.54) is 9.71 Å². The number of hydrogen-bond acceptors (Lipinski definition) is 4. The molecule has 0 aromatic carbocycles. The molecule has 0 radical (unpaired) electrons. The summed E-state index contributed by atoms with van der Waals surface area (Å²) in [5.74, 6) is 0. The molecule has 80 valence electrons. The van der Waals surface area contributed by atoms with Gasteiger partial charge in [-0.2, -0.15) is 0 Å². The van der Waals surface area contributed by atoms with Crippen molar-refractivity contribution in [3.63, 3.8) is 0 Å². The van der Waals surface area contributed by atoms with E-state index in [-0.39, 0.29) is 0 Å². The van der Waals surface area contributed by atoms with Gasteiger partial charge in [-0.05, 0) is 6.42 Å². The first kappa shape index (κ1) is 9.57. The van der Waals surface area contributed by atoms with Crippen molar-refractivity contribution >= 4 is 0 Å². The van der Waals surface area contributed by atoms with Gasteiger partial charge in [0.25, 0.3) is 0 Å². The van der Waals surface area contributed by atoms with Crippen LogP contribution in [0.3, 0.4) is 0 Å². The van der Waals surface area contributed by atoms with Crippen molar-refractivity contribution in [2.75, 3.05) is 0 Å². The summed E-state index contributed by atoms with van der Waals surface area (Å²) in [5.41, 5.74) is -1.18. The molecule has 6 heteroatoms. The van der Waals surface area contributed by atoms with E-state index in [0.29, 0.717) is 13.1 Å². The fourth-order valence-corrected chi connectivity index (χ4v) is 1.25. The second-order valence-electron chi connectivity index (χ2n) is 3.02. The lowest BCUT2D eigenvalue weighted by molar-refractivity contribution is 0.0504.